The standard InChI is InChI=1S/C23H28N2O4/c1-17(2)13-21(25-23(28)29-16-19-11-7-4-8-12-19)22(27)24-20(15-26)14-18-9-5-3-6-10-18/h3-12,15,17,20-21H,13-14,16H2,1-2H3,(H,24,27)(H,25,28)/t20?,21-/m0/s1. The molecule has 2 atom stereocenters. The number of alkyl carbamates (subject to hydrolysis) is 1. The van der Waals surface area contributed by atoms with Crippen LogP contribution in [0.2, 0.25) is 0 Å². The van der Waals surface area contributed by atoms with E-state index in [2.05, 4.69) is 10.6 Å². The van der Waals surface area contributed by atoms with Crippen molar-refractivity contribution < 1.29 is 19.1 Å². The number of carbonyl (C=O) groups is 3. The average Bonchev–Trinajstić information content (AvgIpc) is 2.72. The summed E-state index contributed by atoms with van der Waals surface area (Å²) >= 11 is 0. The number of aldehydes is 1. The molecule has 154 valence electrons. The van der Waals surface area contributed by atoms with Gasteiger partial charge in [-0.15, -0.1) is 0 Å². The first-order chi connectivity index (χ1) is 14.0. The van der Waals surface area contributed by atoms with Gasteiger partial charge in [0.1, 0.15) is 18.9 Å². The second-order valence-corrected chi connectivity index (χ2v) is 7.33. The molecule has 29 heavy (non-hydrogen) atoms. The average molecular weight is 396 g/mol. The smallest absolute Gasteiger partial charge is 0.408 e. The van der Waals surface area contributed by atoms with E-state index in [-0.39, 0.29) is 12.5 Å². The molecule has 1 unspecified atom stereocenters. The summed E-state index contributed by atoms with van der Waals surface area (Å²) in [5.74, 6) is -0.229. The van der Waals surface area contributed by atoms with Crippen molar-refractivity contribution in [2.75, 3.05) is 0 Å². The monoisotopic (exact) mass is 396 g/mol. The van der Waals surface area contributed by atoms with Crippen LogP contribution in [0, 0.1) is 5.92 Å². The fraction of sp³-hybridized carbons (Fsp3) is 0.348. The Morgan fingerprint density at radius 3 is 2.07 bits per heavy atom. The quantitative estimate of drug-likeness (QED) is 0.604. The van der Waals surface area contributed by atoms with Crippen LogP contribution in [0.15, 0.2) is 60.7 Å². The zero-order chi connectivity index (χ0) is 21.1. The molecule has 0 fully saturated rings. The molecule has 0 saturated carbocycles. The fourth-order valence-corrected chi connectivity index (χ4v) is 2.89. The van der Waals surface area contributed by atoms with Crippen molar-refractivity contribution in [3.8, 4) is 0 Å². The molecule has 0 bridgehead atoms. The van der Waals surface area contributed by atoms with Crippen molar-refractivity contribution in [2.24, 2.45) is 5.92 Å². The number of carbonyl (C=O) groups excluding carboxylic acids is 3. The third-order valence-electron chi connectivity index (χ3n) is 4.32. The van der Waals surface area contributed by atoms with E-state index >= 15 is 0 Å². The molecule has 0 aliphatic rings. The number of hydrogen-bond donors (Lipinski definition) is 2. The highest BCUT2D eigenvalue weighted by atomic mass is 16.5. The topological polar surface area (TPSA) is 84.5 Å². The summed E-state index contributed by atoms with van der Waals surface area (Å²) < 4.78 is 5.22. The van der Waals surface area contributed by atoms with Crippen LogP contribution in [-0.2, 0) is 27.4 Å². The van der Waals surface area contributed by atoms with E-state index in [4.69, 9.17) is 4.74 Å². The van der Waals surface area contributed by atoms with Crippen LogP contribution in [0.1, 0.15) is 31.4 Å². The van der Waals surface area contributed by atoms with Gasteiger partial charge >= 0.3 is 6.09 Å². The van der Waals surface area contributed by atoms with Gasteiger partial charge in [-0.25, -0.2) is 4.79 Å². The third-order valence-corrected chi connectivity index (χ3v) is 4.32. The van der Waals surface area contributed by atoms with Gasteiger partial charge in [0.2, 0.25) is 5.91 Å². The number of amides is 2. The van der Waals surface area contributed by atoms with Gasteiger partial charge in [0, 0.05) is 0 Å². The molecule has 0 saturated heterocycles. The van der Waals surface area contributed by atoms with Gasteiger partial charge in [0.15, 0.2) is 0 Å². The van der Waals surface area contributed by atoms with Gasteiger partial charge in [-0.05, 0) is 29.9 Å². The summed E-state index contributed by atoms with van der Waals surface area (Å²) in [6, 6.07) is 17.3. The van der Waals surface area contributed by atoms with Crippen LogP contribution >= 0.6 is 0 Å². The lowest BCUT2D eigenvalue weighted by molar-refractivity contribution is -0.126. The van der Waals surface area contributed by atoms with Crippen molar-refractivity contribution in [2.45, 2.75) is 45.4 Å². The molecule has 0 aromatic heterocycles. The van der Waals surface area contributed by atoms with E-state index in [0.29, 0.717) is 19.1 Å². The predicted molar refractivity (Wildman–Crippen MR) is 111 cm³/mol. The Kier molecular flexibility index (Phi) is 8.89. The Bertz CT molecular complexity index is 778. The van der Waals surface area contributed by atoms with Crippen molar-refractivity contribution in [3.63, 3.8) is 0 Å². The number of ether oxygens (including phenoxy) is 1. The van der Waals surface area contributed by atoms with Crippen molar-refractivity contribution in [3.05, 3.63) is 71.8 Å². The van der Waals surface area contributed by atoms with Crippen molar-refractivity contribution >= 4 is 18.3 Å². The van der Waals surface area contributed by atoms with Crippen LogP contribution in [0.3, 0.4) is 0 Å². The summed E-state index contributed by atoms with van der Waals surface area (Å²) in [6.45, 7) is 4.03. The molecular formula is C23H28N2O4. The van der Waals surface area contributed by atoms with E-state index in [1.807, 2.05) is 74.5 Å². The second kappa shape index (κ2) is 11.6. The van der Waals surface area contributed by atoms with Gasteiger partial charge in [0.25, 0.3) is 0 Å². The highest BCUT2D eigenvalue weighted by molar-refractivity contribution is 5.87. The lowest BCUT2D eigenvalue weighted by atomic mass is 10.0. The first-order valence-electron chi connectivity index (χ1n) is 9.74. The first kappa shape index (κ1) is 22.1. The largest absolute Gasteiger partial charge is 0.445 e. The van der Waals surface area contributed by atoms with Gasteiger partial charge in [0.05, 0.1) is 6.04 Å². The summed E-state index contributed by atoms with van der Waals surface area (Å²) in [5.41, 5.74) is 1.80. The maximum absolute atomic E-state index is 12.7. The number of benzene rings is 2. The molecule has 2 rings (SSSR count). The third kappa shape index (κ3) is 8.17. The number of rotatable bonds is 10. The molecule has 2 aromatic carbocycles. The molecule has 2 amide bonds. The maximum Gasteiger partial charge on any atom is 0.408 e. The molecule has 0 aliphatic carbocycles. The highest BCUT2D eigenvalue weighted by Crippen LogP contribution is 2.08. The van der Waals surface area contributed by atoms with Crippen LogP contribution in [-0.4, -0.2) is 30.4 Å². The molecule has 6 nitrogen and oxygen atoms in total. The molecule has 2 N–H and O–H groups in total. The van der Waals surface area contributed by atoms with Gasteiger partial charge in [-0.1, -0.05) is 74.5 Å². The lowest BCUT2D eigenvalue weighted by Gasteiger charge is -2.22. The van der Waals surface area contributed by atoms with Crippen LogP contribution in [0.5, 0.6) is 0 Å². The molecule has 0 heterocycles. The molecule has 0 spiro atoms. The Labute approximate surface area is 171 Å². The highest BCUT2D eigenvalue weighted by Gasteiger charge is 2.25. The van der Waals surface area contributed by atoms with Gasteiger partial charge in [-0.3, -0.25) is 4.79 Å². The fourth-order valence-electron chi connectivity index (χ4n) is 2.89. The Hall–Kier alpha value is -3.15. The number of hydrogen-bond acceptors (Lipinski definition) is 4. The van der Waals surface area contributed by atoms with E-state index < -0.39 is 24.1 Å². The maximum atomic E-state index is 12.7. The van der Waals surface area contributed by atoms with Crippen molar-refractivity contribution in [1.29, 1.82) is 0 Å². The normalized spacial score (nSPS) is 12.7. The molecular weight excluding hydrogens is 368 g/mol. The second-order valence-electron chi connectivity index (χ2n) is 7.33. The van der Waals surface area contributed by atoms with E-state index in [0.717, 1.165) is 11.1 Å². The van der Waals surface area contributed by atoms with E-state index in [1.54, 1.807) is 0 Å². The molecule has 6 heteroatoms. The zero-order valence-electron chi connectivity index (χ0n) is 16.8. The summed E-state index contributed by atoms with van der Waals surface area (Å²) in [6.07, 6.45) is 0.873. The van der Waals surface area contributed by atoms with E-state index in [9.17, 15) is 14.4 Å². The lowest BCUT2D eigenvalue weighted by Crippen LogP contribution is -2.51. The molecule has 0 radical (unpaired) electrons. The van der Waals surface area contributed by atoms with E-state index in [1.165, 1.54) is 0 Å². The molecule has 0 aliphatic heterocycles. The minimum Gasteiger partial charge on any atom is -0.445 e. The van der Waals surface area contributed by atoms with Crippen LogP contribution in [0.4, 0.5) is 4.79 Å². The summed E-state index contributed by atoms with van der Waals surface area (Å²) in [7, 11) is 0. The minimum absolute atomic E-state index is 0.119. The predicted octanol–water partition coefficient (Wildman–Crippen LogP) is 3.25. The van der Waals surface area contributed by atoms with Crippen LogP contribution < -0.4 is 10.6 Å². The SMILES string of the molecule is CC(C)C[C@H](NC(=O)OCc1ccccc1)C(=O)NC(C=O)Cc1ccccc1. The molecule has 2 aromatic rings. The van der Waals surface area contributed by atoms with Crippen LogP contribution in [0.25, 0.3) is 0 Å². The Morgan fingerprint density at radius 1 is 0.931 bits per heavy atom. The summed E-state index contributed by atoms with van der Waals surface area (Å²) in [4.78, 5) is 36.3. The summed E-state index contributed by atoms with van der Waals surface area (Å²) in [5, 5.41) is 5.35. The zero-order valence-corrected chi connectivity index (χ0v) is 16.8. The minimum atomic E-state index is -0.781. The van der Waals surface area contributed by atoms with Gasteiger partial charge < -0.3 is 20.2 Å². The first-order valence-corrected chi connectivity index (χ1v) is 9.74. The Morgan fingerprint density at radius 2 is 1.52 bits per heavy atom. The van der Waals surface area contributed by atoms with Gasteiger partial charge in [-0.2, -0.15) is 0 Å². The van der Waals surface area contributed by atoms with Crippen molar-refractivity contribution in [1.82, 2.24) is 10.6 Å². The Balaban J connectivity index is 1.93. The number of nitrogens with one attached hydrogen (secondary N) is 2.